The standard InChI is InChI=1S/C18H28N2O/c1-14-9-10-17(15(2)13-14)18(21)20-12-11-19-16-7-5-3-4-6-8-16/h9-10,13,16,19H,3-8,11-12H2,1-2H3,(H,20,21). The highest BCUT2D eigenvalue weighted by molar-refractivity contribution is 5.95. The summed E-state index contributed by atoms with van der Waals surface area (Å²) in [6.07, 6.45) is 8.00. The summed E-state index contributed by atoms with van der Waals surface area (Å²) in [5.74, 6) is 0.0372. The molecule has 0 aromatic heterocycles. The minimum absolute atomic E-state index is 0.0372. The largest absolute Gasteiger partial charge is 0.351 e. The van der Waals surface area contributed by atoms with Crippen LogP contribution in [-0.4, -0.2) is 25.0 Å². The molecule has 0 saturated heterocycles. The normalized spacial score (nSPS) is 16.5. The summed E-state index contributed by atoms with van der Waals surface area (Å²) < 4.78 is 0. The summed E-state index contributed by atoms with van der Waals surface area (Å²) in [6, 6.07) is 6.61. The van der Waals surface area contributed by atoms with Crippen LogP contribution in [0.1, 0.15) is 60.0 Å². The third-order valence-electron chi connectivity index (χ3n) is 4.33. The van der Waals surface area contributed by atoms with E-state index in [4.69, 9.17) is 0 Å². The van der Waals surface area contributed by atoms with Crippen LogP contribution in [0.15, 0.2) is 18.2 Å². The van der Waals surface area contributed by atoms with Crippen molar-refractivity contribution in [1.29, 1.82) is 0 Å². The SMILES string of the molecule is Cc1ccc(C(=O)NCCNC2CCCCCC2)c(C)c1. The summed E-state index contributed by atoms with van der Waals surface area (Å²) >= 11 is 0. The van der Waals surface area contributed by atoms with E-state index in [0.717, 1.165) is 17.7 Å². The zero-order valence-electron chi connectivity index (χ0n) is 13.4. The molecular weight excluding hydrogens is 260 g/mol. The summed E-state index contributed by atoms with van der Waals surface area (Å²) in [5, 5.41) is 6.59. The third-order valence-corrected chi connectivity index (χ3v) is 4.33. The summed E-state index contributed by atoms with van der Waals surface area (Å²) in [6.45, 7) is 5.60. The van der Waals surface area contributed by atoms with E-state index >= 15 is 0 Å². The predicted molar refractivity (Wildman–Crippen MR) is 87.7 cm³/mol. The molecule has 0 heterocycles. The van der Waals surface area contributed by atoms with Gasteiger partial charge >= 0.3 is 0 Å². The second kappa shape index (κ2) is 8.18. The molecule has 1 amide bonds. The quantitative estimate of drug-likeness (QED) is 0.644. The molecule has 3 heteroatoms. The molecule has 116 valence electrons. The molecule has 3 nitrogen and oxygen atoms in total. The minimum atomic E-state index is 0.0372. The van der Waals surface area contributed by atoms with Gasteiger partial charge in [0, 0.05) is 24.7 Å². The fraction of sp³-hybridized carbons (Fsp3) is 0.611. The number of nitrogens with one attached hydrogen (secondary N) is 2. The van der Waals surface area contributed by atoms with Crippen molar-refractivity contribution < 1.29 is 4.79 Å². The van der Waals surface area contributed by atoms with Gasteiger partial charge in [-0.1, -0.05) is 43.4 Å². The Balaban J connectivity index is 1.71. The summed E-state index contributed by atoms with van der Waals surface area (Å²) in [4.78, 5) is 12.1. The van der Waals surface area contributed by atoms with Crippen molar-refractivity contribution >= 4 is 5.91 Å². The number of amides is 1. The van der Waals surface area contributed by atoms with Gasteiger partial charge in [0.2, 0.25) is 0 Å². The number of hydrogen-bond donors (Lipinski definition) is 2. The van der Waals surface area contributed by atoms with Crippen molar-refractivity contribution in [1.82, 2.24) is 10.6 Å². The highest BCUT2D eigenvalue weighted by Crippen LogP contribution is 2.16. The van der Waals surface area contributed by atoms with Crippen molar-refractivity contribution in [3.05, 3.63) is 34.9 Å². The van der Waals surface area contributed by atoms with Crippen LogP contribution in [0.5, 0.6) is 0 Å². The Kier molecular flexibility index (Phi) is 6.24. The molecule has 0 unspecified atom stereocenters. The number of rotatable bonds is 5. The first-order valence-electron chi connectivity index (χ1n) is 8.25. The minimum Gasteiger partial charge on any atom is -0.351 e. The zero-order valence-corrected chi connectivity index (χ0v) is 13.4. The molecule has 0 aliphatic heterocycles. The third kappa shape index (κ3) is 5.16. The molecule has 1 saturated carbocycles. The molecule has 0 radical (unpaired) electrons. The maximum atomic E-state index is 12.1. The molecule has 2 N–H and O–H groups in total. The molecular formula is C18H28N2O. The lowest BCUT2D eigenvalue weighted by atomic mass is 10.1. The van der Waals surface area contributed by atoms with Crippen LogP contribution < -0.4 is 10.6 Å². The molecule has 2 rings (SSSR count). The van der Waals surface area contributed by atoms with Crippen LogP contribution in [0.3, 0.4) is 0 Å². The zero-order chi connectivity index (χ0) is 15.1. The summed E-state index contributed by atoms with van der Waals surface area (Å²) in [7, 11) is 0. The van der Waals surface area contributed by atoms with Gasteiger partial charge in [0.05, 0.1) is 0 Å². The van der Waals surface area contributed by atoms with Crippen LogP contribution in [-0.2, 0) is 0 Å². The molecule has 21 heavy (non-hydrogen) atoms. The number of aryl methyl sites for hydroxylation is 2. The van der Waals surface area contributed by atoms with Crippen molar-refractivity contribution in [2.45, 2.75) is 58.4 Å². The molecule has 0 atom stereocenters. The Morgan fingerprint density at radius 2 is 1.81 bits per heavy atom. The van der Waals surface area contributed by atoms with E-state index in [2.05, 4.69) is 16.7 Å². The molecule has 0 spiro atoms. The lowest BCUT2D eigenvalue weighted by Crippen LogP contribution is -2.37. The van der Waals surface area contributed by atoms with E-state index < -0.39 is 0 Å². The van der Waals surface area contributed by atoms with E-state index in [1.807, 2.05) is 26.0 Å². The molecule has 1 aliphatic rings. The van der Waals surface area contributed by atoms with Gasteiger partial charge in [-0.2, -0.15) is 0 Å². The highest BCUT2D eigenvalue weighted by Gasteiger charge is 2.12. The number of benzene rings is 1. The summed E-state index contributed by atoms with van der Waals surface area (Å²) in [5.41, 5.74) is 3.03. The average Bonchev–Trinajstić information content (AvgIpc) is 2.72. The second-order valence-electron chi connectivity index (χ2n) is 6.22. The van der Waals surface area contributed by atoms with Gasteiger partial charge in [-0.05, 0) is 38.3 Å². The molecule has 1 aromatic rings. The number of hydrogen-bond acceptors (Lipinski definition) is 2. The van der Waals surface area contributed by atoms with Crippen LogP contribution >= 0.6 is 0 Å². The van der Waals surface area contributed by atoms with Crippen LogP contribution in [0.25, 0.3) is 0 Å². The van der Waals surface area contributed by atoms with Gasteiger partial charge in [0.1, 0.15) is 0 Å². The predicted octanol–water partition coefficient (Wildman–Crippen LogP) is 3.35. The van der Waals surface area contributed by atoms with Crippen molar-refractivity contribution in [2.24, 2.45) is 0 Å². The van der Waals surface area contributed by atoms with Gasteiger partial charge in [0.25, 0.3) is 5.91 Å². The van der Waals surface area contributed by atoms with E-state index in [0.29, 0.717) is 12.6 Å². The maximum absolute atomic E-state index is 12.1. The smallest absolute Gasteiger partial charge is 0.251 e. The van der Waals surface area contributed by atoms with Crippen LogP contribution in [0, 0.1) is 13.8 Å². The van der Waals surface area contributed by atoms with Gasteiger partial charge in [-0.3, -0.25) is 4.79 Å². The Hall–Kier alpha value is -1.35. The Morgan fingerprint density at radius 3 is 2.48 bits per heavy atom. The first-order chi connectivity index (χ1) is 10.2. The van der Waals surface area contributed by atoms with Gasteiger partial charge in [0.15, 0.2) is 0 Å². The lowest BCUT2D eigenvalue weighted by molar-refractivity contribution is 0.0953. The first-order valence-corrected chi connectivity index (χ1v) is 8.25. The Bertz CT molecular complexity index is 462. The fourth-order valence-corrected chi connectivity index (χ4v) is 3.10. The number of carbonyl (C=O) groups excluding carboxylic acids is 1. The molecule has 1 fully saturated rings. The fourth-order valence-electron chi connectivity index (χ4n) is 3.10. The number of carbonyl (C=O) groups is 1. The van der Waals surface area contributed by atoms with Crippen molar-refractivity contribution in [3.8, 4) is 0 Å². The van der Waals surface area contributed by atoms with Crippen molar-refractivity contribution in [3.63, 3.8) is 0 Å². The average molecular weight is 288 g/mol. The topological polar surface area (TPSA) is 41.1 Å². The molecule has 1 aliphatic carbocycles. The molecule has 1 aromatic carbocycles. The maximum Gasteiger partial charge on any atom is 0.251 e. The molecule has 0 bridgehead atoms. The van der Waals surface area contributed by atoms with Crippen molar-refractivity contribution in [2.75, 3.05) is 13.1 Å². The Morgan fingerprint density at radius 1 is 1.10 bits per heavy atom. The van der Waals surface area contributed by atoms with Crippen LogP contribution in [0.2, 0.25) is 0 Å². The monoisotopic (exact) mass is 288 g/mol. The highest BCUT2D eigenvalue weighted by atomic mass is 16.1. The second-order valence-corrected chi connectivity index (χ2v) is 6.22. The van der Waals surface area contributed by atoms with E-state index in [9.17, 15) is 4.79 Å². The van der Waals surface area contributed by atoms with E-state index in [1.54, 1.807) is 0 Å². The Labute approximate surface area is 128 Å². The first kappa shape index (κ1) is 16.0. The van der Waals surface area contributed by atoms with E-state index in [-0.39, 0.29) is 5.91 Å². The van der Waals surface area contributed by atoms with Gasteiger partial charge < -0.3 is 10.6 Å². The van der Waals surface area contributed by atoms with Gasteiger partial charge in [-0.25, -0.2) is 0 Å². The van der Waals surface area contributed by atoms with Crippen LogP contribution in [0.4, 0.5) is 0 Å². The lowest BCUT2D eigenvalue weighted by Gasteiger charge is -2.16. The van der Waals surface area contributed by atoms with E-state index in [1.165, 1.54) is 44.1 Å². The van der Waals surface area contributed by atoms with Gasteiger partial charge in [-0.15, -0.1) is 0 Å².